The van der Waals surface area contributed by atoms with Crippen molar-refractivity contribution >= 4 is 30.8 Å². The molecule has 4 aromatic rings. The summed E-state index contributed by atoms with van der Waals surface area (Å²) in [6.45, 7) is 4.87. The van der Waals surface area contributed by atoms with Crippen LogP contribution in [0.25, 0.3) is 27.1 Å². The molecule has 210 valence electrons. The molecule has 5 aliphatic rings. The second-order valence-electron chi connectivity index (χ2n) is 13.0. The first-order valence-electron chi connectivity index (χ1n) is 15.1. The average molecular weight is 658 g/mol. The second-order valence-corrected chi connectivity index (χ2v) is 14.0. The van der Waals surface area contributed by atoms with E-state index in [2.05, 4.69) is 96.4 Å². The molecule has 0 aliphatic heterocycles. The zero-order valence-electron chi connectivity index (χ0n) is 24.2. The van der Waals surface area contributed by atoms with Gasteiger partial charge >= 0.3 is 70.3 Å². The summed E-state index contributed by atoms with van der Waals surface area (Å²) in [6.07, 6.45) is 12.8. The minimum absolute atomic E-state index is 0. The van der Waals surface area contributed by atoms with Gasteiger partial charge in [0.15, 0.2) is 0 Å². The molecule has 0 aromatic heterocycles. The Morgan fingerprint density at radius 2 is 1.41 bits per heavy atom. The molecular formula is C38H39Cl2Zr-. The van der Waals surface area contributed by atoms with Crippen LogP contribution in [0.5, 0.6) is 0 Å². The van der Waals surface area contributed by atoms with Crippen molar-refractivity contribution in [1.82, 2.24) is 0 Å². The fraction of sp³-hybridized carbons (Fsp3) is 0.368. The van der Waals surface area contributed by atoms with Crippen LogP contribution in [0.4, 0.5) is 0 Å². The fourth-order valence-corrected chi connectivity index (χ4v) is 9.87. The van der Waals surface area contributed by atoms with Crippen LogP contribution in [0, 0.1) is 29.1 Å². The standard InChI is InChI=1S/C30H31.C8H8.2ClH.Zr/c1-18-9-28(30-15-20-10-21(16-30)12-22(11-20)17-30)19(2)29(18)25-8-7-24-13-23-5-3-4-6-26(23)27(24)14-25;1-2-8-6-4-3-5-7-8;;;/h3-9,13-14,18,20-22H,10-12,15-17H2,1-2H3;1,3-7H,2H2;2*1H;/q-1;;;;+2/p-2. The maximum absolute atomic E-state index is 2.67. The van der Waals surface area contributed by atoms with Crippen molar-refractivity contribution in [2.75, 3.05) is 0 Å². The van der Waals surface area contributed by atoms with Crippen LogP contribution < -0.4 is 24.8 Å². The number of hydrogen-bond donors (Lipinski definition) is 0. The number of fused-ring (bicyclic) bond motifs is 3. The predicted molar refractivity (Wildman–Crippen MR) is 164 cm³/mol. The summed E-state index contributed by atoms with van der Waals surface area (Å²) >= 11 is 1.51. The van der Waals surface area contributed by atoms with Crippen molar-refractivity contribution < 1.29 is 49.0 Å². The van der Waals surface area contributed by atoms with Gasteiger partial charge in [0, 0.05) is 5.92 Å². The predicted octanol–water partition coefficient (Wildman–Crippen LogP) is 3.86. The van der Waals surface area contributed by atoms with E-state index in [0.717, 1.165) is 24.2 Å². The van der Waals surface area contributed by atoms with Crippen LogP contribution in [0.2, 0.25) is 0 Å². The van der Waals surface area contributed by atoms with Gasteiger partial charge in [0.2, 0.25) is 0 Å². The van der Waals surface area contributed by atoms with Gasteiger partial charge in [-0.2, -0.15) is 0 Å². The van der Waals surface area contributed by atoms with Crippen molar-refractivity contribution in [1.29, 1.82) is 0 Å². The number of hydrogen-bond acceptors (Lipinski definition) is 0. The van der Waals surface area contributed by atoms with Crippen molar-refractivity contribution in [3.05, 3.63) is 107 Å². The zero-order chi connectivity index (χ0) is 26.6. The minimum atomic E-state index is 0. The van der Waals surface area contributed by atoms with E-state index in [9.17, 15) is 0 Å². The van der Waals surface area contributed by atoms with E-state index >= 15 is 0 Å². The van der Waals surface area contributed by atoms with Crippen molar-refractivity contribution in [2.24, 2.45) is 29.1 Å². The van der Waals surface area contributed by atoms with Crippen molar-refractivity contribution in [3.8, 4) is 0 Å². The Hall–Kier alpha value is -1.66. The molecule has 9 rings (SSSR count). The maximum atomic E-state index is 2.67. The number of allylic oxidation sites excluding steroid dienone is 4. The summed E-state index contributed by atoms with van der Waals surface area (Å²) in [5.41, 5.74) is 8.31. The summed E-state index contributed by atoms with van der Waals surface area (Å²) < 4.78 is 2.25. The van der Waals surface area contributed by atoms with Gasteiger partial charge in [-0.15, -0.1) is 39.7 Å². The number of benzene rings is 3. The van der Waals surface area contributed by atoms with E-state index < -0.39 is 0 Å². The molecule has 3 heteroatoms. The van der Waals surface area contributed by atoms with E-state index in [-0.39, 0.29) is 24.8 Å². The summed E-state index contributed by atoms with van der Waals surface area (Å²) in [5.74, 6) is 3.57. The normalized spacial score (nSPS) is 27.7. The van der Waals surface area contributed by atoms with Crippen LogP contribution in [-0.2, 0) is 30.7 Å². The van der Waals surface area contributed by atoms with E-state index in [1.807, 2.05) is 6.07 Å². The Bertz CT molecular complexity index is 1570. The number of rotatable bonds is 4. The van der Waals surface area contributed by atoms with E-state index in [0.29, 0.717) is 11.3 Å². The number of halogens is 2. The molecule has 4 fully saturated rings. The zero-order valence-corrected chi connectivity index (χ0v) is 28.1. The average Bonchev–Trinajstić information content (AvgIpc) is 3.45. The molecule has 0 amide bonds. The van der Waals surface area contributed by atoms with Crippen LogP contribution >= 0.6 is 0 Å². The van der Waals surface area contributed by atoms with Crippen molar-refractivity contribution in [3.63, 3.8) is 0 Å². The third kappa shape index (κ3) is 5.69. The first-order chi connectivity index (χ1) is 19.0. The van der Waals surface area contributed by atoms with Gasteiger partial charge in [-0.25, -0.2) is 0 Å². The summed E-state index contributed by atoms with van der Waals surface area (Å²) in [6, 6.07) is 28.9. The Balaban J connectivity index is 0.000000267. The fourth-order valence-electron chi connectivity index (χ4n) is 9.29. The van der Waals surface area contributed by atoms with Gasteiger partial charge in [-0.1, -0.05) is 43.3 Å². The molecule has 4 bridgehead atoms. The molecule has 0 radical (unpaired) electrons. The van der Waals surface area contributed by atoms with E-state index in [1.165, 1.54) is 95.4 Å². The van der Waals surface area contributed by atoms with Gasteiger partial charge in [0.1, 0.15) is 0 Å². The molecule has 0 spiro atoms. The molecule has 41 heavy (non-hydrogen) atoms. The molecule has 0 N–H and O–H groups in total. The Morgan fingerprint density at radius 3 is 2.07 bits per heavy atom. The van der Waals surface area contributed by atoms with Gasteiger partial charge in [-0.05, 0) is 90.9 Å². The second kappa shape index (κ2) is 12.5. The van der Waals surface area contributed by atoms with Crippen LogP contribution in [-0.4, -0.2) is 3.71 Å². The first-order valence-corrected chi connectivity index (χ1v) is 16.5. The molecule has 1 unspecified atom stereocenters. The van der Waals surface area contributed by atoms with Crippen LogP contribution in [0.15, 0.2) is 96.1 Å². The van der Waals surface area contributed by atoms with Gasteiger partial charge in [-0.3, -0.25) is 0 Å². The van der Waals surface area contributed by atoms with Crippen LogP contribution in [0.3, 0.4) is 0 Å². The monoisotopic (exact) mass is 655 g/mol. The van der Waals surface area contributed by atoms with Crippen LogP contribution in [0.1, 0.15) is 63.5 Å². The molecule has 0 saturated heterocycles. The topological polar surface area (TPSA) is 0 Å². The summed E-state index contributed by atoms with van der Waals surface area (Å²) in [4.78, 5) is 0. The molecular weight excluding hydrogens is 619 g/mol. The molecule has 5 aliphatic carbocycles. The summed E-state index contributed by atoms with van der Waals surface area (Å²) in [7, 11) is 0. The molecule has 1 atom stereocenters. The van der Waals surface area contributed by atoms with Crippen molar-refractivity contribution in [2.45, 2.75) is 58.8 Å². The Morgan fingerprint density at radius 1 is 0.805 bits per heavy atom. The third-order valence-corrected chi connectivity index (χ3v) is 10.9. The van der Waals surface area contributed by atoms with Gasteiger partial charge < -0.3 is 24.8 Å². The van der Waals surface area contributed by atoms with E-state index in [1.54, 1.807) is 16.7 Å². The quantitative estimate of drug-likeness (QED) is 0.293. The molecule has 4 aromatic carbocycles. The summed E-state index contributed by atoms with van der Waals surface area (Å²) in [5, 5.41) is 5.55. The SMILES string of the molecule is CC1=C(c2ccc3[cH-]c4ccccc4c3c2)C(C)C=C1C12CC3CC(CC(C3)C1)C2.[Cl-].[Cl-].[Zr+2]=[CH]Cc1ccccc1. The van der Waals surface area contributed by atoms with Gasteiger partial charge in [0.25, 0.3) is 0 Å². The molecule has 0 nitrogen and oxygen atoms in total. The Kier molecular flexibility index (Phi) is 9.40. The molecule has 4 saturated carbocycles. The first kappa shape index (κ1) is 30.8. The molecule has 0 heterocycles. The van der Waals surface area contributed by atoms with Gasteiger partial charge in [0.05, 0.1) is 0 Å². The third-order valence-electron chi connectivity index (χ3n) is 10.4. The van der Waals surface area contributed by atoms with E-state index in [4.69, 9.17) is 0 Å². The Labute approximate surface area is 273 Å².